The molecule has 0 spiro atoms. The molecule has 9 heteroatoms. The van der Waals surface area contributed by atoms with Gasteiger partial charge >= 0.3 is 0 Å². The van der Waals surface area contributed by atoms with Crippen molar-refractivity contribution in [3.8, 4) is 0 Å². The van der Waals surface area contributed by atoms with E-state index >= 15 is 0 Å². The Labute approximate surface area is 178 Å². The van der Waals surface area contributed by atoms with Gasteiger partial charge in [0.05, 0.1) is 0 Å². The molecular weight excluding hydrogens is 382 g/mol. The zero-order valence-corrected chi connectivity index (χ0v) is 18.2. The molecule has 1 unspecified atom stereocenters. The van der Waals surface area contributed by atoms with Crippen LogP contribution in [0.15, 0.2) is 4.99 Å². The van der Waals surface area contributed by atoms with Crippen molar-refractivity contribution in [2.75, 3.05) is 46.4 Å². The summed E-state index contributed by atoms with van der Waals surface area (Å²) in [6.07, 6.45) is 8.35. The molecule has 166 valence electrons. The van der Waals surface area contributed by atoms with E-state index in [0.717, 1.165) is 89.0 Å². The summed E-state index contributed by atoms with van der Waals surface area (Å²) in [5.41, 5.74) is 0. The second kappa shape index (κ2) is 10.2. The number of hydrogen-bond acceptors (Lipinski definition) is 5. The molecule has 1 amide bonds. The maximum Gasteiger partial charge on any atom is 0.251 e. The Kier molecular flexibility index (Phi) is 7.20. The summed E-state index contributed by atoms with van der Waals surface area (Å²) >= 11 is 0. The first-order chi connectivity index (χ1) is 14.8. The Bertz CT molecular complexity index is 734. The highest BCUT2D eigenvalue weighted by molar-refractivity contribution is 5.82. The zero-order chi connectivity index (χ0) is 20.8. The van der Waals surface area contributed by atoms with Crippen molar-refractivity contribution in [3.05, 3.63) is 11.6 Å². The first kappa shape index (κ1) is 21.1. The maximum absolute atomic E-state index is 12.5. The summed E-state index contributed by atoms with van der Waals surface area (Å²) in [4.78, 5) is 21.1. The van der Waals surface area contributed by atoms with Crippen molar-refractivity contribution in [2.24, 2.45) is 4.99 Å². The van der Waals surface area contributed by atoms with Gasteiger partial charge in [-0.1, -0.05) is 6.42 Å². The first-order valence-electron chi connectivity index (χ1n) is 11.5. The van der Waals surface area contributed by atoms with Gasteiger partial charge in [0.1, 0.15) is 17.8 Å². The molecular formula is C21H35N7O2. The van der Waals surface area contributed by atoms with E-state index in [1.165, 1.54) is 19.3 Å². The summed E-state index contributed by atoms with van der Waals surface area (Å²) < 4.78 is 7.87. The molecule has 1 aromatic heterocycles. The van der Waals surface area contributed by atoms with Gasteiger partial charge in [0.15, 0.2) is 5.96 Å². The van der Waals surface area contributed by atoms with Crippen LogP contribution in [0, 0.1) is 0 Å². The number of hydrogen-bond donors (Lipinski definition) is 1. The fourth-order valence-corrected chi connectivity index (χ4v) is 4.62. The number of carbonyl (C=O) groups is 1. The van der Waals surface area contributed by atoms with E-state index in [-0.39, 0.29) is 12.0 Å². The topological polar surface area (TPSA) is 87.9 Å². The lowest BCUT2D eigenvalue weighted by molar-refractivity contribution is -0.142. The molecule has 9 nitrogen and oxygen atoms in total. The summed E-state index contributed by atoms with van der Waals surface area (Å²) in [6.45, 7) is 5.68. The number of aliphatic imine (C=N–C) groups is 1. The number of carbonyl (C=O) groups excluding carboxylic acids is 1. The lowest BCUT2D eigenvalue weighted by Crippen LogP contribution is -2.55. The third-order valence-corrected chi connectivity index (χ3v) is 6.35. The second-order valence-corrected chi connectivity index (χ2v) is 8.39. The van der Waals surface area contributed by atoms with Crippen LogP contribution in [-0.4, -0.2) is 88.9 Å². The number of aryl methyl sites for hydroxylation is 2. The summed E-state index contributed by atoms with van der Waals surface area (Å²) in [6, 6.07) is 0. The maximum atomic E-state index is 12.5. The Morgan fingerprint density at radius 1 is 1.10 bits per heavy atom. The van der Waals surface area contributed by atoms with Crippen LogP contribution in [0.25, 0.3) is 0 Å². The lowest BCUT2D eigenvalue weighted by atomic mass is 10.2. The van der Waals surface area contributed by atoms with E-state index in [1.54, 1.807) is 0 Å². The highest BCUT2D eigenvalue weighted by atomic mass is 16.5. The van der Waals surface area contributed by atoms with E-state index in [0.29, 0.717) is 6.61 Å². The molecule has 2 saturated heterocycles. The number of fused-ring (bicyclic) bond motifs is 1. The number of nitrogens with zero attached hydrogens (tertiary/aromatic N) is 6. The van der Waals surface area contributed by atoms with E-state index in [9.17, 15) is 4.79 Å². The smallest absolute Gasteiger partial charge is 0.251 e. The van der Waals surface area contributed by atoms with Gasteiger partial charge in [-0.2, -0.15) is 0 Å². The predicted octanol–water partition coefficient (Wildman–Crippen LogP) is 0.836. The van der Waals surface area contributed by atoms with Crippen molar-refractivity contribution in [3.63, 3.8) is 0 Å². The standard InChI is InChI=1S/C21H35N7O2/c1-22-21(27-14-12-26(13-15-27)20(29)17-7-6-16-30-17)23-10-5-9-19-25-24-18-8-3-2-4-11-28(18)19/h17H,2-16H2,1H3,(H,22,23). The molecule has 2 fully saturated rings. The molecule has 0 radical (unpaired) electrons. The van der Waals surface area contributed by atoms with Crippen LogP contribution in [0.4, 0.5) is 0 Å². The van der Waals surface area contributed by atoms with Crippen molar-refractivity contribution < 1.29 is 9.53 Å². The third-order valence-electron chi connectivity index (χ3n) is 6.35. The molecule has 1 atom stereocenters. The van der Waals surface area contributed by atoms with Gasteiger partial charge in [0, 0.05) is 65.8 Å². The summed E-state index contributed by atoms with van der Waals surface area (Å²) in [5, 5.41) is 12.3. The van der Waals surface area contributed by atoms with Crippen LogP contribution >= 0.6 is 0 Å². The van der Waals surface area contributed by atoms with Crippen molar-refractivity contribution in [1.29, 1.82) is 0 Å². The molecule has 3 aliphatic rings. The molecule has 1 N–H and O–H groups in total. The average Bonchev–Trinajstić information content (AvgIpc) is 3.39. The van der Waals surface area contributed by atoms with Gasteiger partial charge in [-0.15, -0.1) is 10.2 Å². The number of piperazine rings is 1. The van der Waals surface area contributed by atoms with E-state index in [2.05, 4.69) is 30.0 Å². The number of nitrogens with one attached hydrogen (secondary N) is 1. The van der Waals surface area contributed by atoms with Crippen LogP contribution in [0.5, 0.6) is 0 Å². The molecule has 3 aliphatic heterocycles. The monoisotopic (exact) mass is 417 g/mol. The quantitative estimate of drug-likeness (QED) is 0.434. The van der Waals surface area contributed by atoms with Gasteiger partial charge < -0.3 is 24.4 Å². The minimum atomic E-state index is -0.221. The zero-order valence-electron chi connectivity index (χ0n) is 18.2. The molecule has 0 aliphatic carbocycles. The SMILES string of the molecule is CN=C(NCCCc1nnc2n1CCCCC2)N1CCN(C(=O)C2CCCO2)CC1. The van der Waals surface area contributed by atoms with Gasteiger partial charge in [0.25, 0.3) is 5.91 Å². The number of amides is 1. The highest BCUT2D eigenvalue weighted by Gasteiger charge is 2.30. The average molecular weight is 418 g/mol. The highest BCUT2D eigenvalue weighted by Crippen LogP contribution is 2.17. The number of rotatable bonds is 5. The van der Waals surface area contributed by atoms with Crippen LogP contribution in [0.2, 0.25) is 0 Å². The van der Waals surface area contributed by atoms with E-state index in [4.69, 9.17) is 4.74 Å². The minimum Gasteiger partial charge on any atom is -0.368 e. The third kappa shape index (κ3) is 4.94. The van der Waals surface area contributed by atoms with Crippen molar-refractivity contribution >= 4 is 11.9 Å². The van der Waals surface area contributed by atoms with Gasteiger partial charge in [-0.25, -0.2) is 0 Å². The molecule has 4 heterocycles. The fraction of sp³-hybridized carbons (Fsp3) is 0.810. The van der Waals surface area contributed by atoms with Crippen molar-refractivity contribution in [2.45, 2.75) is 64.0 Å². The fourth-order valence-electron chi connectivity index (χ4n) is 4.62. The Morgan fingerprint density at radius 2 is 1.93 bits per heavy atom. The molecule has 0 saturated carbocycles. The van der Waals surface area contributed by atoms with Crippen LogP contribution in [0.3, 0.4) is 0 Å². The van der Waals surface area contributed by atoms with Gasteiger partial charge in [0.2, 0.25) is 0 Å². The second-order valence-electron chi connectivity index (χ2n) is 8.39. The van der Waals surface area contributed by atoms with Crippen LogP contribution in [0.1, 0.15) is 50.2 Å². The Morgan fingerprint density at radius 3 is 2.70 bits per heavy atom. The molecule has 0 bridgehead atoms. The lowest BCUT2D eigenvalue weighted by Gasteiger charge is -2.37. The van der Waals surface area contributed by atoms with Crippen LogP contribution < -0.4 is 5.32 Å². The predicted molar refractivity (Wildman–Crippen MR) is 114 cm³/mol. The first-order valence-corrected chi connectivity index (χ1v) is 11.5. The van der Waals surface area contributed by atoms with Crippen molar-refractivity contribution in [1.82, 2.24) is 29.9 Å². The molecule has 1 aromatic rings. The number of aromatic nitrogens is 3. The largest absolute Gasteiger partial charge is 0.368 e. The molecule has 30 heavy (non-hydrogen) atoms. The van der Waals surface area contributed by atoms with Gasteiger partial charge in [-0.05, 0) is 32.1 Å². The molecule has 0 aromatic carbocycles. The summed E-state index contributed by atoms with van der Waals surface area (Å²) in [7, 11) is 1.82. The Balaban J connectivity index is 1.19. The van der Waals surface area contributed by atoms with E-state index < -0.39 is 0 Å². The van der Waals surface area contributed by atoms with E-state index in [1.807, 2.05) is 11.9 Å². The Hall–Kier alpha value is -2.16. The molecule has 4 rings (SSSR count). The van der Waals surface area contributed by atoms with Crippen LogP contribution in [-0.2, 0) is 28.9 Å². The minimum absolute atomic E-state index is 0.155. The van der Waals surface area contributed by atoms with Gasteiger partial charge in [-0.3, -0.25) is 9.79 Å². The normalized spacial score (nSPS) is 22.7. The number of guanidine groups is 1. The summed E-state index contributed by atoms with van der Waals surface area (Å²) in [5.74, 6) is 3.34. The number of ether oxygens (including phenoxy) is 1.